The molecule has 0 aliphatic rings. The maximum absolute atomic E-state index is 11.8. The number of nitrogens with one attached hydrogen (secondary N) is 1. The quantitative estimate of drug-likeness (QED) is 0.845. The van der Waals surface area contributed by atoms with Crippen molar-refractivity contribution in [1.82, 2.24) is 15.5 Å². The highest BCUT2D eigenvalue weighted by molar-refractivity contribution is 6.30. The van der Waals surface area contributed by atoms with E-state index in [-0.39, 0.29) is 11.9 Å². The predicted octanol–water partition coefficient (Wildman–Crippen LogP) is 3.63. The van der Waals surface area contributed by atoms with E-state index < -0.39 is 0 Å². The van der Waals surface area contributed by atoms with E-state index in [4.69, 9.17) is 16.1 Å². The fraction of sp³-hybridized carbons (Fsp3) is 0.438. The minimum Gasteiger partial charge on any atom is -0.354 e. The van der Waals surface area contributed by atoms with Crippen LogP contribution in [0.3, 0.4) is 0 Å². The Bertz CT molecular complexity index is 610. The summed E-state index contributed by atoms with van der Waals surface area (Å²) in [6.07, 6.45) is 2.81. The Kier molecular flexibility index (Phi) is 5.95. The molecule has 1 aromatic carbocycles. The van der Waals surface area contributed by atoms with Crippen LogP contribution in [0.25, 0.3) is 11.4 Å². The minimum atomic E-state index is 0.00666. The van der Waals surface area contributed by atoms with Gasteiger partial charge < -0.3 is 9.84 Å². The van der Waals surface area contributed by atoms with Crippen LogP contribution < -0.4 is 5.32 Å². The highest BCUT2D eigenvalue weighted by Crippen LogP contribution is 2.18. The third-order valence-electron chi connectivity index (χ3n) is 3.27. The number of benzene rings is 1. The summed E-state index contributed by atoms with van der Waals surface area (Å²) in [5.41, 5.74) is 0.834. The molecule has 0 aliphatic heterocycles. The normalized spacial score (nSPS) is 12.1. The zero-order chi connectivity index (χ0) is 15.9. The summed E-state index contributed by atoms with van der Waals surface area (Å²) in [4.78, 5) is 16.1. The van der Waals surface area contributed by atoms with Gasteiger partial charge in [-0.3, -0.25) is 4.79 Å². The van der Waals surface area contributed by atoms with Crippen LogP contribution in [0.1, 0.15) is 39.0 Å². The van der Waals surface area contributed by atoms with Crippen LogP contribution >= 0.6 is 11.6 Å². The van der Waals surface area contributed by atoms with Gasteiger partial charge in [-0.05, 0) is 37.6 Å². The molecule has 0 spiro atoms. The second-order valence-corrected chi connectivity index (χ2v) is 5.71. The zero-order valence-corrected chi connectivity index (χ0v) is 13.6. The Morgan fingerprint density at radius 1 is 1.36 bits per heavy atom. The molecule has 1 heterocycles. The lowest BCUT2D eigenvalue weighted by molar-refractivity contribution is -0.121. The molecule has 2 rings (SSSR count). The predicted molar refractivity (Wildman–Crippen MR) is 85.6 cm³/mol. The van der Waals surface area contributed by atoms with Gasteiger partial charge in [0.25, 0.3) is 0 Å². The first kappa shape index (κ1) is 16.5. The number of aromatic nitrogens is 2. The lowest BCUT2D eigenvalue weighted by Gasteiger charge is -2.11. The first-order valence-corrected chi connectivity index (χ1v) is 7.84. The van der Waals surface area contributed by atoms with Gasteiger partial charge in [0, 0.05) is 29.5 Å². The highest BCUT2D eigenvalue weighted by Gasteiger charge is 2.12. The van der Waals surface area contributed by atoms with Gasteiger partial charge in [0.05, 0.1) is 0 Å². The van der Waals surface area contributed by atoms with Crippen molar-refractivity contribution in [2.75, 3.05) is 0 Å². The molecule has 6 heteroatoms. The van der Waals surface area contributed by atoms with E-state index in [1.807, 2.05) is 19.1 Å². The van der Waals surface area contributed by atoms with Crippen LogP contribution in [0.5, 0.6) is 0 Å². The average Bonchev–Trinajstić information content (AvgIpc) is 2.95. The summed E-state index contributed by atoms with van der Waals surface area (Å²) < 4.78 is 5.18. The molecule has 22 heavy (non-hydrogen) atoms. The molecule has 1 aromatic heterocycles. The Balaban J connectivity index is 1.87. The molecular formula is C16H20ClN3O2. The third-order valence-corrected chi connectivity index (χ3v) is 3.52. The molecule has 1 unspecified atom stereocenters. The van der Waals surface area contributed by atoms with Crippen LogP contribution in [0.2, 0.25) is 5.02 Å². The number of amides is 1. The van der Waals surface area contributed by atoms with Crippen LogP contribution in [0.15, 0.2) is 28.8 Å². The number of halogens is 1. The summed E-state index contributed by atoms with van der Waals surface area (Å²) >= 11 is 5.84. The van der Waals surface area contributed by atoms with Gasteiger partial charge in [0.2, 0.25) is 17.6 Å². The van der Waals surface area contributed by atoms with Crippen molar-refractivity contribution in [2.24, 2.45) is 0 Å². The van der Waals surface area contributed by atoms with Crippen molar-refractivity contribution >= 4 is 17.5 Å². The van der Waals surface area contributed by atoms with E-state index in [1.165, 1.54) is 0 Å². The number of nitrogens with zero attached hydrogens (tertiary/aromatic N) is 2. The maximum Gasteiger partial charge on any atom is 0.227 e. The van der Waals surface area contributed by atoms with E-state index in [1.54, 1.807) is 12.1 Å². The van der Waals surface area contributed by atoms with Gasteiger partial charge in [-0.15, -0.1) is 0 Å². The van der Waals surface area contributed by atoms with Gasteiger partial charge >= 0.3 is 0 Å². The molecular weight excluding hydrogens is 302 g/mol. The molecule has 118 valence electrons. The second-order valence-electron chi connectivity index (χ2n) is 5.28. The van der Waals surface area contributed by atoms with E-state index >= 15 is 0 Å². The zero-order valence-electron chi connectivity index (χ0n) is 12.8. The number of aryl methyl sites for hydroxylation is 1. The SMILES string of the molecule is CCCC(C)NC(=O)CCc1nc(-c2ccc(Cl)cc2)no1. The average molecular weight is 322 g/mol. The van der Waals surface area contributed by atoms with Crippen molar-refractivity contribution in [3.63, 3.8) is 0 Å². The van der Waals surface area contributed by atoms with Crippen molar-refractivity contribution < 1.29 is 9.32 Å². The molecule has 1 N–H and O–H groups in total. The first-order valence-electron chi connectivity index (χ1n) is 7.46. The van der Waals surface area contributed by atoms with Gasteiger partial charge in [-0.25, -0.2) is 0 Å². The Morgan fingerprint density at radius 3 is 2.77 bits per heavy atom. The number of hydrogen-bond donors (Lipinski definition) is 1. The number of carbonyl (C=O) groups is 1. The van der Waals surface area contributed by atoms with Crippen LogP contribution in [0, 0.1) is 0 Å². The lowest BCUT2D eigenvalue weighted by atomic mass is 10.2. The molecule has 0 aliphatic carbocycles. The highest BCUT2D eigenvalue weighted by atomic mass is 35.5. The second kappa shape index (κ2) is 7.94. The Morgan fingerprint density at radius 2 is 2.09 bits per heavy atom. The standard InChI is InChI=1S/C16H20ClN3O2/c1-3-4-11(2)18-14(21)9-10-15-19-16(20-22-15)12-5-7-13(17)8-6-12/h5-8,11H,3-4,9-10H2,1-2H3,(H,18,21). The minimum absolute atomic E-state index is 0.00666. The van der Waals surface area contributed by atoms with Gasteiger partial charge in [0.1, 0.15) is 0 Å². The third kappa shape index (κ3) is 4.84. The number of carbonyl (C=O) groups excluding carboxylic acids is 1. The van der Waals surface area contributed by atoms with E-state index in [0.717, 1.165) is 18.4 Å². The van der Waals surface area contributed by atoms with Gasteiger partial charge in [0.15, 0.2) is 0 Å². The summed E-state index contributed by atoms with van der Waals surface area (Å²) in [5, 5.41) is 7.53. The van der Waals surface area contributed by atoms with Gasteiger partial charge in [-0.2, -0.15) is 4.98 Å². The monoisotopic (exact) mass is 321 g/mol. The summed E-state index contributed by atoms with van der Waals surface area (Å²) in [7, 11) is 0. The van der Waals surface area contributed by atoms with Crippen LogP contribution in [-0.2, 0) is 11.2 Å². The molecule has 1 atom stereocenters. The lowest BCUT2D eigenvalue weighted by Crippen LogP contribution is -2.32. The molecule has 1 amide bonds. The van der Waals surface area contributed by atoms with Crippen molar-refractivity contribution in [3.05, 3.63) is 35.2 Å². The molecule has 0 bridgehead atoms. The smallest absolute Gasteiger partial charge is 0.227 e. The summed E-state index contributed by atoms with van der Waals surface area (Å²) in [6, 6.07) is 7.40. The molecule has 0 saturated heterocycles. The van der Waals surface area contributed by atoms with Crippen molar-refractivity contribution in [2.45, 2.75) is 45.6 Å². The maximum atomic E-state index is 11.8. The topological polar surface area (TPSA) is 68.0 Å². The molecule has 0 radical (unpaired) electrons. The molecule has 0 saturated carbocycles. The Labute approximate surface area is 135 Å². The molecule has 2 aromatic rings. The molecule has 0 fully saturated rings. The Hall–Kier alpha value is -1.88. The van der Waals surface area contributed by atoms with Crippen LogP contribution in [-0.4, -0.2) is 22.1 Å². The number of hydrogen-bond acceptors (Lipinski definition) is 4. The van der Waals surface area contributed by atoms with E-state index in [0.29, 0.717) is 29.6 Å². The first-order chi connectivity index (χ1) is 10.6. The van der Waals surface area contributed by atoms with E-state index in [9.17, 15) is 4.79 Å². The number of rotatable bonds is 7. The largest absolute Gasteiger partial charge is 0.354 e. The van der Waals surface area contributed by atoms with Crippen molar-refractivity contribution in [1.29, 1.82) is 0 Å². The van der Waals surface area contributed by atoms with Gasteiger partial charge in [-0.1, -0.05) is 30.1 Å². The fourth-order valence-electron chi connectivity index (χ4n) is 2.15. The van der Waals surface area contributed by atoms with E-state index in [2.05, 4.69) is 22.4 Å². The van der Waals surface area contributed by atoms with Crippen molar-refractivity contribution in [3.8, 4) is 11.4 Å². The summed E-state index contributed by atoms with van der Waals surface area (Å²) in [6.45, 7) is 4.10. The molecule has 5 nitrogen and oxygen atoms in total. The van der Waals surface area contributed by atoms with Crippen LogP contribution in [0.4, 0.5) is 0 Å². The fourth-order valence-corrected chi connectivity index (χ4v) is 2.27. The summed E-state index contributed by atoms with van der Waals surface area (Å²) in [5.74, 6) is 0.974.